The van der Waals surface area contributed by atoms with Crippen molar-refractivity contribution in [2.75, 3.05) is 0 Å². The number of aliphatic hydroxyl groups is 1. The molecule has 2 N–H and O–H groups in total. The van der Waals surface area contributed by atoms with E-state index in [1.807, 2.05) is 0 Å². The molecule has 0 atom stereocenters. The van der Waals surface area contributed by atoms with Crippen LogP contribution in [0.15, 0.2) is 12.3 Å². The summed E-state index contributed by atoms with van der Waals surface area (Å²) in [7, 11) is 0. The maximum atomic E-state index is 10.6. The molecule has 68 valence electrons. The third-order valence-electron chi connectivity index (χ3n) is 1.50. The topological polar surface area (TPSA) is 87.5 Å². The van der Waals surface area contributed by atoms with Crippen LogP contribution in [0.4, 0.5) is 0 Å². The van der Waals surface area contributed by atoms with Crippen LogP contribution >= 0.6 is 0 Å². The molecule has 1 aromatic heterocycles. The van der Waals surface area contributed by atoms with E-state index in [2.05, 4.69) is 4.98 Å². The van der Waals surface area contributed by atoms with E-state index in [1.54, 1.807) is 0 Å². The number of carboxylic acids is 1. The van der Waals surface area contributed by atoms with E-state index < -0.39 is 5.97 Å². The average Bonchev–Trinajstić information content (AvgIpc) is 2.16. The summed E-state index contributed by atoms with van der Waals surface area (Å²) in [6.07, 6.45) is 1.63. The zero-order chi connectivity index (χ0) is 9.84. The third-order valence-corrected chi connectivity index (χ3v) is 1.50. The Bertz CT molecular complexity index is 348. The Kier molecular flexibility index (Phi) is 2.71. The van der Waals surface area contributed by atoms with Gasteiger partial charge in [-0.3, -0.25) is 9.78 Å². The fraction of sp³-hybridized carbons (Fsp3) is 0.125. The highest BCUT2D eigenvalue weighted by Crippen LogP contribution is 2.07. The molecule has 5 nitrogen and oxygen atoms in total. The molecule has 0 unspecified atom stereocenters. The molecule has 0 saturated heterocycles. The second-order valence-corrected chi connectivity index (χ2v) is 2.36. The first-order chi connectivity index (χ1) is 6.19. The van der Waals surface area contributed by atoms with Crippen molar-refractivity contribution in [3.05, 3.63) is 29.1 Å². The van der Waals surface area contributed by atoms with Gasteiger partial charge in [0.15, 0.2) is 6.29 Å². The lowest BCUT2D eigenvalue weighted by Crippen LogP contribution is -2.05. The maximum Gasteiger partial charge on any atom is 0.338 e. The van der Waals surface area contributed by atoms with E-state index in [-0.39, 0.29) is 17.9 Å². The number of carbonyl (C=O) groups is 2. The fourth-order valence-corrected chi connectivity index (χ4v) is 0.870. The molecule has 13 heavy (non-hydrogen) atoms. The lowest BCUT2D eigenvalue weighted by atomic mass is 10.1. The Hall–Kier alpha value is -1.75. The van der Waals surface area contributed by atoms with Crippen molar-refractivity contribution < 1.29 is 19.8 Å². The van der Waals surface area contributed by atoms with E-state index in [0.29, 0.717) is 11.8 Å². The predicted molar refractivity (Wildman–Crippen MR) is 42.5 cm³/mol. The molecule has 0 aliphatic rings. The van der Waals surface area contributed by atoms with Gasteiger partial charge in [-0.25, -0.2) is 4.79 Å². The van der Waals surface area contributed by atoms with E-state index in [9.17, 15) is 9.59 Å². The smallest absolute Gasteiger partial charge is 0.338 e. The molecule has 0 fully saturated rings. The van der Waals surface area contributed by atoms with Crippen molar-refractivity contribution >= 4 is 12.3 Å². The quantitative estimate of drug-likeness (QED) is 0.645. The monoisotopic (exact) mass is 181 g/mol. The first kappa shape index (κ1) is 9.34. The highest BCUT2D eigenvalue weighted by atomic mass is 16.4. The standard InChI is InChI=1S/C8H7NO4/c10-3-5-1-6(8(12)13)7(4-11)9-2-5/h1-2,4,10H,3H2,(H,12,13). The normalized spacial score (nSPS) is 9.62. The number of hydrogen-bond donors (Lipinski definition) is 2. The van der Waals surface area contributed by atoms with Gasteiger partial charge in [-0.1, -0.05) is 0 Å². The number of nitrogens with zero attached hydrogens (tertiary/aromatic N) is 1. The van der Waals surface area contributed by atoms with E-state index in [0.717, 1.165) is 0 Å². The Morgan fingerprint density at radius 1 is 1.62 bits per heavy atom. The van der Waals surface area contributed by atoms with Gasteiger partial charge in [0.2, 0.25) is 0 Å². The van der Waals surface area contributed by atoms with Gasteiger partial charge in [-0.2, -0.15) is 0 Å². The summed E-state index contributed by atoms with van der Waals surface area (Å²) in [6.45, 7) is -0.299. The molecule has 1 rings (SSSR count). The maximum absolute atomic E-state index is 10.6. The van der Waals surface area contributed by atoms with Crippen LogP contribution in [0.2, 0.25) is 0 Å². The second-order valence-electron chi connectivity index (χ2n) is 2.36. The van der Waals surface area contributed by atoms with Crippen LogP contribution in [0, 0.1) is 0 Å². The summed E-state index contributed by atoms with van der Waals surface area (Å²) in [4.78, 5) is 24.5. The number of hydrogen-bond acceptors (Lipinski definition) is 4. The third kappa shape index (κ3) is 1.88. The molecule has 1 aromatic rings. The number of carbonyl (C=O) groups excluding carboxylic acids is 1. The summed E-state index contributed by atoms with van der Waals surface area (Å²) >= 11 is 0. The molecular weight excluding hydrogens is 174 g/mol. The van der Waals surface area contributed by atoms with Gasteiger partial charge < -0.3 is 10.2 Å². The van der Waals surface area contributed by atoms with Gasteiger partial charge in [0.05, 0.1) is 12.2 Å². The number of pyridine rings is 1. The van der Waals surface area contributed by atoms with Gasteiger partial charge in [-0.05, 0) is 11.6 Å². The van der Waals surface area contributed by atoms with Crippen LogP contribution in [0.25, 0.3) is 0 Å². The van der Waals surface area contributed by atoms with Gasteiger partial charge in [0.1, 0.15) is 5.69 Å². The van der Waals surface area contributed by atoms with Crippen LogP contribution in [0.3, 0.4) is 0 Å². The number of aliphatic hydroxyl groups excluding tert-OH is 1. The van der Waals surface area contributed by atoms with Crippen molar-refractivity contribution in [1.29, 1.82) is 0 Å². The number of aromatic carboxylic acids is 1. The summed E-state index contributed by atoms with van der Waals surface area (Å²) in [5.74, 6) is -1.23. The Labute approximate surface area is 73.7 Å². The van der Waals surface area contributed by atoms with Crippen LogP contribution in [0.5, 0.6) is 0 Å². The number of aromatic nitrogens is 1. The summed E-state index contributed by atoms with van der Waals surface area (Å²) in [5.41, 5.74) is 0.0363. The van der Waals surface area contributed by atoms with Crippen molar-refractivity contribution in [1.82, 2.24) is 4.98 Å². The SMILES string of the molecule is O=Cc1ncc(CO)cc1C(=O)O. The van der Waals surface area contributed by atoms with Gasteiger partial charge in [-0.15, -0.1) is 0 Å². The summed E-state index contributed by atoms with van der Waals surface area (Å²) < 4.78 is 0. The minimum atomic E-state index is -1.23. The predicted octanol–water partition coefficient (Wildman–Crippen LogP) is 0.0846. The number of carboxylic acid groups (broad SMARTS) is 1. The lowest BCUT2D eigenvalue weighted by molar-refractivity contribution is 0.0693. The summed E-state index contributed by atoms with van der Waals surface area (Å²) in [5, 5.41) is 17.3. The molecule has 0 bridgehead atoms. The van der Waals surface area contributed by atoms with E-state index in [1.165, 1.54) is 12.3 Å². The van der Waals surface area contributed by atoms with Gasteiger partial charge in [0.25, 0.3) is 0 Å². The molecule has 0 aromatic carbocycles. The number of aldehydes is 1. The first-order valence-electron chi connectivity index (χ1n) is 3.47. The molecule has 0 aliphatic carbocycles. The lowest BCUT2D eigenvalue weighted by Gasteiger charge is -2.00. The van der Waals surface area contributed by atoms with Gasteiger partial charge in [0, 0.05) is 6.20 Å². The minimum Gasteiger partial charge on any atom is -0.478 e. The zero-order valence-electron chi connectivity index (χ0n) is 6.60. The largest absolute Gasteiger partial charge is 0.478 e. The van der Waals surface area contributed by atoms with Crippen molar-refractivity contribution in [2.24, 2.45) is 0 Å². The van der Waals surface area contributed by atoms with Gasteiger partial charge >= 0.3 is 5.97 Å². The van der Waals surface area contributed by atoms with E-state index >= 15 is 0 Å². The highest BCUT2D eigenvalue weighted by molar-refractivity contribution is 5.95. The van der Waals surface area contributed by atoms with Crippen LogP contribution in [-0.2, 0) is 6.61 Å². The number of rotatable bonds is 3. The molecule has 0 amide bonds. The van der Waals surface area contributed by atoms with Crippen molar-refractivity contribution in [3.63, 3.8) is 0 Å². The molecule has 5 heteroatoms. The van der Waals surface area contributed by atoms with Crippen LogP contribution in [-0.4, -0.2) is 27.5 Å². The van der Waals surface area contributed by atoms with Crippen molar-refractivity contribution in [2.45, 2.75) is 6.61 Å². The molecule has 1 heterocycles. The van der Waals surface area contributed by atoms with Crippen LogP contribution in [0.1, 0.15) is 26.4 Å². The Morgan fingerprint density at radius 2 is 2.31 bits per heavy atom. The summed E-state index contributed by atoms with van der Waals surface area (Å²) in [6, 6.07) is 1.22. The molecule has 0 radical (unpaired) electrons. The molecule has 0 aliphatic heterocycles. The Balaban J connectivity index is 3.25. The molecule has 0 spiro atoms. The average molecular weight is 181 g/mol. The fourth-order valence-electron chi connectivity index (χ4n) is 0.870. The van der Waals surface area contributed by atoms with E-state index in [4.69, 9.17) is 10.2 Å². The first-order valence-corrected chi connectivity index (χ1v) is 3.47. The second kappa shape index (κ2) is 3.77. The van der Waals surface area contributed by atoms with Crippen molar-refractivity contribution in [3.8, 4) is 0 Å². The highest BCUT2D eigenvalue weighted by Gasteiger charge is 2.11. The van der Waals surface area contributed by atoms with Crippen LogP contribution < -0.4 is 0 Å². The zero-order valence-corrected chi connectivity index (χ0v) is 6.60. The Morgan fingerprint density at radius 3 is 2.77 bits per heavy atom. The molecule has 0 saturated carbocycles. The molecular formula is C8H7NO4. The minimum absolute atomic E-state index is 0.135.